The largest absolute Gasteiger partial charge is 0.370 e. The SMILES string of the molecule is CC1CCCCC1OCc1cc(CNC(C)(C)C)no1. The summed E-state index contributed by atoms with van der Waals surface area (Å²) < 4.78 is 11.3. The van der Waals surface area contributed by atoms with Crippen LogP contribution in [0.4, 0.5) is 0 Å². The van der Waals surface area contributed by atoms with Crippen molar-refractivity contribution in [3.05, 3.63) is 17.5 Å². The lowest BCUT2D eigenvalue weighted by Gasteiger charge is -2.28. The summed E-state index contributed by atoms with van der Waals surface area (Å²) in [4.78, 5) is 0. The van der Waals surface area contributed by atoms with Crippen molar-refractivity contribution < 1.29 is 9.26 Å². The molecule has 0 spiro atoms. The number of nitrogens with one attached hydrogen (secondary N) is 1. The van der Waals surface area contributed by atoms with Crippen molar-refractivity contribution in [2.45, 2.75) is 78.2 Å². The summed E-state index contributed by atoms with van der Waals surface area (Å²) in [5.74, 6) is 1.49. The second-order valence-electron chi connectivity index (χ2n) is 7.00. The van der Waals surface area contributed by atoms with E-state index in [1.54, 1.807) is 0 Å². The molecule has 0 aliphatic heterocycles. The Morgan fingerprint density at radius 1 is 1.35 bits per heavy atom. The highest BCUT2D eigenvalue weighted by Crippen LogP contribution is 2.27. The first kappa shape index (κ1) is 15.5. The summed E-state index contributed by atoms with van der Waals surface area (Å²) in [5.41, 5.74) is 1.03. The zero-order valence-electron chi connectivity index (χ0n) is 13.2. The number of hydrogen-bond acceptors (Lipinski definition) is 4. The Kier molecular flexibility index (Phi) is 5.22. The van der Waals surface area contributed by atoms with Crippen LogP contribution in [0.2, 0.25) is 0 Å². The Labute approximate surface area is 122 Å². The minimum absolute atomic E-state index is 0.0904. The quantitative estimate of drug-likeness (QED) is 0.894. The predicted molar refractivity (Wildman–Crippen MR) is 79.3 cm³/mol. The minimum Gasteiger partial charge on any atom is -0.370 e. The molecule has 1 saturated carbocycles. The van der Waals surface area contributed by atoms with Crippen LogP contribution in [-0.2, 0) is 17.9 Å². The minimum atomic E-state index is 0.0904. The van der Waals surface area contributed by atoms with Gasteiger partial charge < -0.3 is 14.6 Å². The van der Waals surface area contributed by atoms with E-state index in [0.29, 0.717) is 18.6 Å². The number of nitrogens with zero attached hydrogens (tertiary/aromatic N) is 1. The number of ether oxygens (including phenoxy) is 1. The fourth-order valence-electron chi connectivity index (χ4n) is 2.58. The van der Waals surface area contributed by atoms with Gasteiger partial charge in [-0.15, -0.1) is 0 Å². The Balaban J connectivity index is 1.77. The smallest absolute Gasteiger partial charge is 0.162 e. The van der Waals surface area contributed by atoms with Crippen LogP contribution in [-0.4, -0.2) is 16.8 Å². The van der Waals surface area contributed by atoms with Crippen molar-refractivity contribution in [3.8, 4) is 0 Å². The molecule has 0 saturated heterocycles. The molecule has 0 aromatic carbocycles. The van der Waals surface area contributed by atoms with Gasteiger partial charge in [0.2, 0.25) is 0 Å². The molecule has 1 aliphatic rings. The molecule has 1 aromatic rings. The average Bonchev–Trinajstić information content (AvgIpc) is 2.83. The maximum Gasteiger partial charge on any atom is 0.162 e. The highest BCUT2D eigenvalue weighted by atomic mass is 16.5. The molecular formula is C16H28N2O2. The van der Waals surface area contributed by atoms with E-state index in [-0.39, 0.29) is 5.54 Å². The molecule has 2 unspecified atom stereocenters. The summed E-state index contributed by atoms with van der Waals surface area (Å²) in [6.45, 7) is 9.97. The molecule has 1 aromatic heterocycles. The van der Waals surface area contributed by atoms with Crippen LogP contribution in [0.3, 0.4) is 0 Å². The maximum atomic E-state index is 5.99. The number of hydrogen-bond donors (Lipinski definition) is 1. The monoisotopic (exact) mass is 280 g/mol. The summed E-state index contributed by atoms with van der Waals surface area (Å²) in [6, 6.07) is 1.99. The predicted octanol–water partition coefficient (Wildman–Crippen LogP) is 3.66. The van der Waals surface area contributed by atoms with Gasteiger partial charge in [-0.3, -0.25) is 0 Å². The Hall–Kier alpha value is -0.870. The summed E-state index contributed by atoms with van der Waals surface area (Å²) in [7, 11) is 0. The highest BCUT2D eigenvalue weighted by Gasteiger charge is 2.22. The van der Waals surface area contributed by atoms with E-state index < -0.39 is 0 Å². The molecule has 2 rings (SSSR count). The van der Waals surface area contributed by atoms with Crippen LogP contribution in [0.5, 0.6) is 0 Å². The second-order valence-corrected chi connectivity index (χ2v) is 7.00. The van der Waals surface area contributed by atoms with Crippen molar-refractivity contribution >= 4 is 0 Å². The normalized spacial score (nSPS) is 24.0. The maximum absolute atomic E-state index is 5.99. The molecule has 1 N–H and O–H groups in total. The molecule has 1 fully saturated rings. The van der Waals surface area contributed by atoms with Crippen LogP contribution in [0.25, 0.3) is 0 Å². The molecule has 1 aliphatic carbocycles. The van der Waals surface area contributed by atoms with Crippen molar-refractivity contribution in [1.82, 2.24) is 10.5 Å². The summed E-state index contributed by atoms with van der Waals surface area (Å²) in [5, 5.41) is 7.49. The lowest BCUT2D eigenvalue weighted by molar-refractivity contribution is -0.0235. The van der Waals surface area contributed by atoms with E-state index in [9.17, 15) is 0 Å². The van der Waals surface area contributed by atoms with E-state index in [0.717, 1.165) is 18.0 Å². The van der Waals surface area contributed by atoms with Crippen LogP contribution >= 0.6 is 0 Å². The molecule has 4 nitrogen and oxygen atoms in total. The van der Waals surface area contributed by atoms with E-state index in [1.165, 1.54) is 25.7 Å². The van der Waals surface area contributed by atoms with Gasteiger partial charge in [0.25, 0.3) is 0 Å². The van der Waals surface area contributed by atoms with Crippen LogP contribution in [0.15, 0.2) is 10.6 Å². The van der Waals surface area contributed by atoms with Crippen molar-refractivity contribution in [2.75, 3.05) is 0 Å². The zero-order valence-corrected chi connectivity index (χ0v) is 13.2. The Morgan fingerprint density at radius 3 is 2.80 bits per heavy atom. The van der Waals surface area contributed by atoms with E-state index in [4.69, 9.17) is 9.26 Å². The van der Waals surface area contributed by atoms with Gasteiger partial charge in [0, 0.05) is 18.2 Å². The van der Waals surface area contributed by atoms with Crippen molar-refractivity contribution in [3.63, 3.8) is 0 Å². The zero-order chi connectivity index (χ0) is 14.6. The molecule has 4 heteroatoms. The van der Waals surface area contributed by atoms with Crippen molar-refractivity contribution in [1.29, 1.82) is 0 Å². The Bertz CT molecular complexity index is 409. The van der Waals surface area contributed by atoms with E-state index in [1.807, 2.05) is 6.07 Å². The van der Waals surface area contributed by atoms with Gasteiger partial charge in [0.1, 0.15) is 6.61 Å². The second kappa shape index (κ2) is 6.72. The first-order chi connectivity index (χ1) is 9.44. The third kappa shape index (κ3) is 4.91. The van der Waals surface area contributed by atoms with Gasteiger partial charge in [-0.25, -0.2) is 0 Å². The molecule has 1 heterocycles. The lowest BCUT2D eigenvalue weighted by Crippen LogP contribution is -2.35. The molecule has 0 amide bonds. The summed E-state index contributed by atoms with van der Waals surface area (Å²) in [6.07, 6.45) is 5.46. The Morgan fingerprint density at radius 2 is 2.10 bits per heavy atom. The molecule has 2 atom stereocenters. The molecular weight excluding hydrogens is 252 g/mol. The third-order valence-electron chi connectivity index (χ3n) is 3.88. The first-order valence-corrected chi connectivity index (χ1v) is 7.75. The van der Waals surface area contributed by atoms with Crippen LogP contribution in [0, 0.1) is 5.92 Å². The fraction of sp³-hybridized carbons (Fsp3) is 0.812. The van der Waals surface area contributed by atoms with Gasteiger partial charge in [0.05, 0.1) is 11.8 Å². The van der Waals surface area contributed by atoms with E-state index in [2.05, 4.69) is 38.2 Å². The number of rotatable bonds is 5. The fourth-order valence-corrected chi connectivity index (χ4v) is 2.58. The van der Waals surface area contributed by atoms with Gasteiger partial charge in [0.15, 0.2) is 5.76 Å². The summed E-state index contributed by atoms with van der Waals surface area (Å²) >= 11 is 0. The average molecular weight is 280 g/mol. The van der Waals surface area contributed by atoms with Gasteiger partial charge in [-0.1, -0.05) is 24.9 Å². The van der Waals surface area contributed by atoms with Gasteiger partial charge in [-0.05, 0) is 39.5 Å². The van der Waals surface area contributed by atoms with Gasteiger partial charge in [-0.2, -0.15) is 0 Å². The highest BCUT2D eigenvalue weighted by molar-refractivity contribution is 5.04. The van der Waals surface area contributed by atoms with Crippen LogP contribution in [0.1, 0.15) is 64.8 Å². The molecule has 114 valence electrons. The molecule has 0 bridgehead atoms. The third-order valence-corrected chi connectivity index (χ3v) is 3.88. The van der Waals surface area contributed by atoms with Crippen LogP contribution < -0.4 is 5.32 Å². The molecule has 20 heavy (non-hydrogen) atoms. The molecule has 0 radical (unpaired) electrons. The first-order valence-electron chi connectivity index (χ1n) is 7.75. The van der Waals surface area contributed by atoms with E-state index >= 15 is 0 Å². The standard InChI is InChI=1S/C16H28N2O2/c1-12-7-5-6-8-15(12)19-11-14-9-13(18-20-14)10-17-16(2,3)4/h9,12,15,17H,5-8,10-11H2,1-4H3. The topological polar surface area (TPSA) is 47.3 Å². The van der Waals surface area contributed by atoms with Crippen molar-refractivity contribution in [2.24, 2.45) is 5.92 Å². The number of aromatic nitrogens is 1. The van der Waals surface area contributed by atoms with Gasteiger partial charge >= 0.3 is 0 Å². The lowest BCUT2D eigenvalue weighted by atomic mass is 9.88.